The summed E-state index contributed by atoms with van der Waals surface area (Å²) in [6.45, 7) is 0. The van der Waals surface area contributed by atoms with E-state index in [-0.39, 0.29) is 6.04 Å². The zero-order valence-electron chi connectivity index (χ0n) is 14.4. The molecular formula is C20H15N4O3-. The van der Waals surface area contributed by atoms with Crippen LogP contribution in [0.1, 0.15) is 5.56 Å². The van der Waals surface area contributed by atoms with Crippen LogP contribution < -0.4 is 14.9 Å². The number of fused-ring (bicyclic) bond motifs is 3. The van der Waals surface area contributed by atoms with Gasteiger partial charge in [-0.1, -0.05) is 12.1 Å². The number of methoxy groups -OCH3 is 1. The molecule has 7 heteroatoms. The van der Waals surface area contributed by atoms with Crippen LogP contribution in [0.2, 0.25) is 0 Å². The van der Waals surface area contributed by atoms with E-state index in [0.29, 0.717) is 34.3 Å². The lowest BCUT2D eigenvalue weighted by Gasteiger charge is -2.44. The maximum atomic E-state index is 12.8. The predicted molar refractivity (Wildman–Crippen MR) is 103 cm³/mol. The Labute approximate surface area is 155 Å². The Morgan fingerprint density at radius 2 is 1.78 bits per heavy atom. The molecule has 134 valence electrons. The summed E-state index contributed by atoms with van der Waals surface area (Å²) < 4.78 is 5.18. The van der Waals surface area contributed by atoms with Crippen molar-refractivity contribution in [3.8, 4) is 5.75 Å². The van der Waals surface area contributed by atoms with Gasteiger partial charge in [-0.3, -0.25) is 10.2 Å². The molecule has 1 atom stereocenters. The molecule has 0 fully saturated rings. The van der Waals surface area contributed by atoms with Crippen molar-refractivity contribution >= 4 is 22.9 Å². The van der Waals surface area contributed by atoms with E-state index in [0.717, 1.165) is 21.4 Å². The fraction of sp³-hybridized carbons (Fsp3) is 0.100. The first-order valence-corrected chi connectivity index (χ1v) is 8.46. The molecule has 1 unspecified atom stereocenters. The standard InChI is InChI=1S/C20H15N4O3/c1-27-13-8-6-12(7-9-13)20-21-14-10-18-19(11-15(14)22-20)24(26)17-5-3-2-4-16(17)23(18)25/h2-11,14,25H,1H3/q-1. The van der Waals surface area contributed by atoms with E-state index in [9.17, 15) is 10.4 Å². The molecule has 27 heavy (non-hydrogen) atoms. The van der Waals surface area contributed by atoms with Gasteiger partial charge in [-0.2, -0.15) is 0 Å². The van der Waals surface area contributed by atoms with Gasteiger partial charge < -0.3 is 15.0 Å². The van der Waals surface area contributed by atoms with Crippen LogP contribution in [0.4, 0.5) is 11.4 Å². The van der Waals surface area contributed by atoms with Gasteiger partial charge in [0.05, 0.1) is 35.6 Å². The first-order valence-electron chi connectivity index (χ1n) is 8.46. The van der Waals surface area contributed by atoms with Crippen molar-refractivity contribution < 1.29 is 9.94 Å². The number of aliphatic imine (C=N–C) groups is 2. The van der Waals surface area contributed by atoms with Gasteiger partial charge in [0.1, 0.15) is 11.8 Å². The number of hydroxylamine groups is 2. The lowest BCUT2D eigenvalue weighted by atomic mass is 10.00. The fourth-order valence-corrected chi connectivity index (χ4v) is 3.40. The van der Waals surface area contributed by atoms with Crippen LogP contribution in [-0.2, 0) is 0 Å². The van der Waals surface area contributed by atoms with Gasteiger partial charge in [0, 0.05) is 5.56 Å². The molecule has 2 heterocycles. The highest BCUT2D eigenvalue weighted by molar-refractivity contribution is 6.18. The van der Waals surface area contributed by atoms with Crippen molar-refractivity contribution in [2.24, 2.45) is 9.98 Å². The predicted octanol–water partition coefficient (Wildman–Crippen LogP) is 3.26. The van der Waals surface area contributed by atoms with E-state index in [1.54, 1.807) is 43.5 Å². The summed E-state index contributed by atoms with van der Waals surface area (Å²) in [5.74, 6) is 1.35. The molecule has 5 rings (SSSR count). The number of para-hydroxylation sites is 2. The normalized spacial score (nSPS) is 20.0. The monoisotopic (exact) mass is 359 g/mol. The maximum Gasteiger partial charge on any atom is 0.155 e. The first kappa shape index (κ1) is 15.8. The molecule has 1 N–H and O–H groups in total. The van der Waals surface area contributed by atoms with Crippen molar-refractivity contribution in [1.29, 1.82) is 0 Å². The molecule has 0 saturated carbocycles. The third-order valence-electron chi connectivity index (χ3n) is 4.79. The van der Waals surface area contributed by atoms with Gasteiger partial charge in [0.25, 0.3) is 0 Å². The van der Waals surface area contributed by atoms with Gasteiger partial charge in [-0.25, -0.2) is 10.1 Å². The van der Waals surface area contributed by atoms with Crippen LogP contribution >= 0.6 is 0 Å². The summed E-state index contributed by atoms with van der Waals surface area (Å²) >= 11 is 0. The topological polar surface area (TPSA) is 83.7 Å². The lowest BCUT2D eigenvalue weighted by Crippen LogP contribution is -2.36. The molecule has 0 spiro atoms. The summed E-state index contributed by atoms with van der Waals surface area (Å²) in [7, 11) is 1.62. The lowest BCUT2D eigenvalue weighted by molar-refractivity contribution is 0.283. The third kappa shape index (κ3) is 2.37. The van der Waals surface area contributed by atoms with E-state index >= 15 is 0 Å². The average molecular weight is 359 g/mol. The Balaban J connectivity index is 1.55. The Kier molecular flexibility index (Phi) is 3.40. The Bertz CT molecular complexity index is 1050. The molecule has 0 bridgehead atoms. The number of amidine groups is 1. The summed E-state index contributed by atoms with van der Waals surface area (Å²) in [5, 5.41) is 25.2. The molecule has 7 nitrogen and oxygen atoms in total. The minimum atomic E-state index is -0.339. The number of anilines is 2. The highest BCUT2D eigenvalue weighted by atomic mass is 16.5. The first-order chi connectivity index (χ1) is 13.2. The molecule has 0 amide bonds. The molecule has 1 aliphatic carbocycles. The Morgan fingerprint density at radius 1 is 1.04 bits per heavy atom. The summed E-state index contributed by atoms with van der Waals surface area (Å²) in [6, 6.07) is 14.0. The van der Waals surface area contributed by atoms with Crippen LogP contribution in [0.5, 0.6) is 5.75 Å². The van der Waals surface area contributed by atoms with E-state index in [4.69, 9.17) is 4.74 Å². The van der Waals surface area contributed by atoms with Crippen LogP contribution in [-0.4, -0.2) is 29.9 Å². The van der Waals surface area contributed by atoms with Gasteiger partial charge in [-0.05, 0) is 48.6 Å². The second-order valence-electron chi connectivity index (χ2n) is 6.34. The summed E-state index contributed by atoms with van der Waals surface area (Å²) in [6.07, 6.45) is 3.44. The second-order valence-corrected chi connectivity index (χ2v) is 6.34. The van der Waals surface area contributed by atoms with Crippen LogP contribution in [0, 0.1) is 5.21 Å². The van der Waals surface area contributed by atoms with Crippen molar-refractivity contribution in [3.05, 3.63) is 82.8 Å². The van der Waals surface area contributed by atoms with E-state index in [1.165, 1.54) is 0 Å². The second kappa shape index (κ2) is 5.80. The Morgan fingerprint density at radius 3 is 2.52 bits per heavy atom. The molecule has 0 saturated heterocycles. The Hall–Kier alpha value is -3.42. The molecule has 2 aromatic carbocycles. The molecule has 2 aromatic rings. The largest absolute Gasteiger partial charge is 0.754 e. The van der Waals surface area contributed by atoms with Gasteiger partial charge in [-0.15, -0.1) is 0 Å². The highest BCUT2D eigenvalue weighted by Crippen LogP contribution is 2.42. The molecular weight excluding hydrogens is 344 g/mol. The van der Waals surface area contributed by atoms with Crippen molar-refractivity contribution in [2.45, 2.75) is 6.04 Å². The molecule has 3 aliphatic rings. The van der Waals surface area contributed by atoms with E-state index in [1.807, 2.05) is 24.3 Å². The van der Waals surface area contributed by atoms with E-state index < -0.39 is 0 Å². The quantitative estimate of drug-likeness (QED) is 0.890. The van der Waals surface area contributed by atoms with Crippen molar-refractivity contribution in [3.63, 3.8) is 0 Å². The zero-order valence-corrected chi connectivity index (χ0v) is 14.4. The highest BCUT2D eigenvalue weighted by Gasteiger charge is 2.33. The minimum absolute atomic E-state index is 0.339. The fourth-order valence-electron chi connectivity index (χ4n) is 3.40. The van der Waals surface area contributed by atoms with Gasteiger partial charge in [0.2, 0.25) is 0 Å². The third-order valence-corrected chi connectivity index (χ3v) is 4.79. The molecule has 0 radical (unpaired) electrons. The minimum Gasteiger partial charge on any atom is -0.754 e. The maximum absolute atomic E-state index is 12.8. The van der Waals surface area contributed by atoms with Crippen LogP contribution in [0.25, 0.3) is 0 Å². The summed E-state index contributed by atoms with van der Waals surface area (Å²) in [5.41, 5.74) is 3.11. The summed E-state index contributed by atoms with van der Waals surface area (Å²) in [4.78, 5) is 9.22. The van der Waals surface area contributed by atoms with Crippen molar-refractivity contribution in [1.82, 2.24) is 0 Å². The smallest absolute Gasteiger partial charge is 0.155 e. The van der Waals surface area contributed by atoms with Gasteiger partial charge >= 0.3 is 0 Å². The number of nitrogens with zero attached hydrogens (tertiary/aromatic N) is 4. The van der Waals surface area contributed by atoms with Gasteiger partial charge in [0.15, 0.2) is 5.84 Å². The van der Waals surface area contributed by atoms with E-state index in [2.05, 4.69) is 9.98 Å². The van der Waals surface area contributed by atoms with Crippen molar-refractivity contribution in [2.75, 3.05) is 17.2 Å². The number of hydrogen-bond acceptors (Lipinski definition) is 7. The number of hydrogen-bond donors (Lipinski definition) is 1. The number of benzene rings is 2. The van der Waals surface area contributed by atoms with Crippen LogP contribution in [0.15, 0.2) is 82.1 Å². The molecule has 2 aliphatic heterocycles. The SMILES string of the molecule is COc1ccc(C2=NC3C=C4C(=CC3=N2)N([O-])c2ccccc2N4O)cc1. The zero-order chi connectivity index (χ0) is 18.5. The number of ether oxygens (including phenoxy) is 1. The molecule has 0 aromatic heterocycles. The number of rotatable bonds is 2. The average Bonchev–Trinajstić information content (AvgIpc) is 3.14. The van der Waals surface area contributed by atoms with Crippen LogP contribution in [0.3, 0.4) is 0 Å².